The van der Waals surface area contributed by atoms with E-state index in [1.165, 1.54) is 12.1 Å². The third kappa shape index (κ3) is 7.67. The zero-order valence-electron chi connectivity index (χ0n) is 21.4. The smallest absolute Gasteiger partial charge is 0.243 e. The van der Waals surface area contributed by atoms with Gasteiger partial charge in [-0.05, 0) is 85.3 Å². The molecule has 0 saturated carbocycles. The summed E-state index contributed by atoms with van der Waals surface area (Å²) in [6.45, 7) is 1.19. The molecule has 1 aliphatic heterocycles. The summed E-state index contributed by atoms with van der Waals surface area (Å²) in [5, 5.41) is 29.2. The number of carbonyl (C=O) groups is 3. The van der Waals surface area contributed by atoms with Gasteiger partial charge in [0, 0.05) is 19.4 Å². The Bertz CT molecular complexity index is 1140. The van der Waals surface area contributed by atoms with Crippen molar-refractivity contribution in [1.82, 2.24) is 16.0 Å². The highest BCUT2D eigenvalue weighted by atomic mass is 16.3. The van der Waals surface area contributed by atoms with Crippen LogP contribution >= 0.6 is 0 Å². The van der Waals surface area contributed by atoms with Gasteiger partial charge < -0.3 is 43.4 Å². The SMILES string of the molecule is NCCCCNC(=O)[C@@H]1Cc2cc(ccc2O)-c2ccc(O)c(c2)C[C@@H](N)C(=O)N[C@@H](CCCN)C(=O)N1. The van der Waals surface area contributed by atoms with Crippen molar-refractivity contribution in [2.24, 2.45) is 17.2 Å². The molecule has 0 aliphatic carbocycles. The summed E-state index contributed by atoms with van der Waals surface area (Å²) >= 11 is 0. The molecule has 0 saturated heterocycles. The highest BCUT2D eigenvalue weighted by Crippen LogP contribution is 2.30. The second-order valence-corrected chi connectivity index (χ2v) is 9.54. The molecule has 3 amide bonds. The van der Waals surface area contributed by atoms with Gasteiger partial charge in [-0.25, -0.2) is 0 Å². The van der Waals surface area contributed by atoms with Gasteiger partial charge >= 0.3 is 0 Å². The number of hydrogen-bond acceptors (Lipinski definition) is 8. The van der Waals surface area contributed by atoms with Crippen molar-refractivity contribution < 1.29 is 24.6 Å². The summed E-state index contributed by atoms with van der Waals surface area (Å²) in [6.07, 6.45) is 2.16. The van der Waals surface area contributed by atoms with Crippen molar-refractivity contribution in [3.63, 3.8) is 0 Å². The second kappa shape index (κ2) is 13.8. The molecular weight excluding hydrogens is 488 g/mol. The second-order valence-electron chi connectivity index (χ2n) is 9.54. The van der Waals surface area contributed by atoms with Crippen molar-refractivity contribution in [3.05, 3.63) is 47.5 Å². The van der Waals surface area contributed by atoms with Gasteiger partial charge in [0.1, 0.15) is 23.6 Å². The van der Waals surface area contributed by atoms with Crippen LogP contribution in [0.4, 0.5) is 0 Å². The Morgan fingerprint density at radius 3 is 2.08 bits per heavy atom. The lowest BCUT2D eigenvalue weighted by molar-refractivity contribution is -0.132. The topological polar surface area (TPSA) is 206 Å². The molecule has 11 heteroatoms. The number of benzene rings is 2. The maximum absolute atomic E-state index is 13.3. The number of rotatable bonds is 8. The van der Waals surface area contributed by atoms with Crippen molar-refractivity contribution >= 4 is 17.7 Å². The highest BCUT2D eigenvalue weighted by molar-refractivity contribution is 5.93. The predicted molar refractivity (Wildman–Crippen MR) is 144 cm³/mol. The molecule has 0 radical (unpaired) electrons. The van der Waals surface area contributed by atoms with Gasteiger partial charge in [0.05, 0.1) is 6.04 Å². The first kappa shape index (κ1) is 28.9. The lowest BCUT2D eigenvalue weighted by atomic mass is 9.95. The first-order chi connectivity index (χ1) is 18.2. The Hall–Kier alpha value is -3.67. The minimum absolute atomic E-state index is 0.0101. The van der Waals surface area contributed by atoms with Gasteiger partial charge in [0.2, 0.25) is 17.7 Å². The normalized spacial score (nSPS) is 20.0. The minimum atomic E-state index is -1.04. The molecule has 1 aliphatic rings. The maximum atomic E-state index is 13.3. The first-order valence-electron chi connectivity index (χ1n) is 12.9. The number of amides is 3. The zero-order valence-corrected chi connectivity index (χ0v) is 21.4. The van der Waals surface area contributed by atoms with Crippen LogP contribution in [0.15, 0.2) is 36.4 Å². The van der Waals surface area contributed by atoms with E-state index in [1.54, 1.807) is 24.3 Å². The maximum Gasteiger partial charge on any atom is 0.243 e. The summed E-state index contributed by atoms with van der Waals surface area (Å²) in [5.41, 5.74) is 19.7. The van der Waals surface area contributed by atoms with Crippen molar-refractivity contribution in [3.8, 4) is 22.6 Å². The van der Waals surface area contributed by atoms with Gasteiger partial charge in [0.25, 0.3) is 0 Å². The summed E-state index contributed by atoms with van der Waals surface area (Å²) in [5.74, 6) is -1.58. The summed E-state index contributed by atoms with van der Waals surface area (Å²) < 4.78 is 0. The van der Waals surface area contributed by atoms with Crippen molar-refractivity contribution in [1.29, 1.82) is 0 Å². The molecule has 3 rings (SSSR count). The van der Waals surface area contributed by atoms with E-state index in [2.05, 4.69) is 16.0 Å². The third-order valence-corrected chi connectivity index (χ3v) is 6.59. The van der Waals surface area contributed by atoms with Gasteiger partial charge in [-0.3, -0.25) is 14.4 Å². The van der Waals surface area contributed by atoms with Gasteiger partial charge in [-0.2, -0.15) is 0 Å². The number of phenolic OH excluding ortho intramolecular Hbond substituents is 2. The summed E-state index contributed by atoms with van der Waals surface area (Å²) in [6, 6.07) is 6.90. The van der Waals surface area contributed by atoms with Crippen molar-refractivity contribution in [2.75, 3.05) is 19.6 Å². The number of fused-ring (bicyclic) bond motifs is 5. The Morgan fingerprint density at radius 1 is 0.868 bits per heavy atom. The van der Waals surface area contributed by atoms with Crippen LogP contribution in [0.1, 0.15) is 36.8 Å². The van der Waals surface area contributed by atoms with E-state index in [0.29, 0.717) is 43.6 Å². The summed E-state index contributed by atoms with van der Waals surface area (Å²) in [4.78, 5) is 39.4. The van der Waals surface area contributed by atoms with Crippen LogP contribution in [0, 0.1) is 0 Å². The standard InChI is InChI=1S/C27H38N6O5/c28-9-1-2-11-31-26(37)22-15-19-13-17(6-8-24(19)35)16-5-7-23(34)18(12-16)14-20(30)25(36)32-21(4-3-10-29)27(38)33-22/h5-8,12-13,20-22,34-35H,1-4,9-11,14-15,28-30H2,(H,31,37)(H,32,36)(H,33,38)/t20-,21+,22+/m1/s1. The number of hydrogen-bond donors (Lipinski definition) is 8. The molecule has 2 aromatic rings. The molecule has 0 aromatic heterocycles. The lowest BCUT2D eigenvalue weighted by Crippen LogP contribution is -2.56. The number of aromatic hydroxyl groups is 2. The van der Waals surface area contributed by atoms with E-state index in [4.69, 9.17) is 17.2 Å². The van der Waals surface area contributed by atoms with Crippen LogP contribution < -0.4 is 33.2 Å². The minimum Gasteiger partial charge on any atom is -0.508 e. The molecule has 0 unspecified atom stereocenters. The number of nitrogens with one attached hydrogen (secondary N) is 3. The van der Waals surface area contributed by atoms with Crippen LogP contribution in [0.25, 0.3) is 11.1 Å². The largest absolute Gasteiger partial charge is 0.508 e. The predicted octanol–water partition coefficient (Wildman–Crippen LogP) is -0.246. The van der Waals surface area contributed by atoms with Gasteiger partial charge in [-0.1, -0.05) is 12.1 Å². The lowest BCUT2D eigenvalue weighted by Gasteiger charge is -2.24. The van der Waals surface area contributed by atoms with E-state index in [9.17, 15) is 24.6 Å². The van der Waals surface area contributed by atoms with E-state index in [1.807, 2.05) is 0 Å². The van der Waals surface area contributed by atoms with E-state index in [-0.39, 0.29) is 30.8 Å². The Balaban J connectivity index is 2.03. The molecule has 11 nitrogen and oxygen atoms in total. The fourth-order valence-corrected chi connectivity index (χ4v) is 4.36. The average molecular weight is 527 g/mol. The fourth-order valence-electron chi connectivity index (χ4n) is 4.36. The van der Waals surface area contributed by atoms with E-state index < -0.39 is 35.8 Å². The van der Waals surface area contributed by atoms with Crippen LogP contribution in [-0.2, 0) is 27.2 Å². The average Bonchev–Trinajstić information content (AvgIpc) is 2.90. The first-order valence-corrected chi connectivity index (χ1v) is 12.9. The molecule has 0 spiro atoms. The van der Waals surface area contributed by atoms with E-state index in [0.717, 1.165) is 17.5 Å². The molecule has 11 N–H and O–H groups in total. The number of phenols is 2. The molecule has 206 valence electrons. The van der Waals surface area contributed by atoms with E-state index >= 15 is 0 Å². The van der Waals surface area contributed by atoms with Gasteiger partial charge in [-0.15, -0.1) is 0 Å². The monoisotopic (exact) mass is 526 g/mol. The molecule has 1 heterocycles. The number of carbonyl (C=O) groups excluding carboxylic acids is 3. The van der Waals surface area contributed by atoms with Gasteiger partial charge in [0.15, 0.2) is 0 Å². The summed E-state index contributed by atoms with van der Waals surface area (Å²) in [7, 11) is 0. The molecular formula is C27H38N6O5. The Labute approximate surface area is 222 Å². The molecule has 2 aromatic carbocycles. The van der Waals surface area contributed by atoms with Crippen molar-refractivity contribution in [2.45, 2.75) is 56.7 Å². The van der Waals surface area contributed by atoms with Crippen LogP contribution in [0.2, 0.25) is 0 Å². The fraction of sp³-hybridized carbons (Fsp3) is 0.444. The number of nitrogens with two attached hydrogens (primary N) is 3. The van der Waals surface area contributed by atoms with Crippen LogP contribution in [-0.4, -0.2) is 65.7 Å². The molecule has 0 fully saturated rings. The van der Waals surface area contributed by atoms with Crippen LogP contribution in [0.5, 0.6) is 11.5 Å². The highest BCUT2D eigenvalue weighted by Gasteiger charge is 2.29. The molecule has 4 bridgehead atoms. The quantitative estimate of drug-likeness (QED) is 0.215. The van der Waals surface area contributed by atoms with Crippen LogP contribution in [0.3, 0.4) is 0 Å². The third-order valence-electron chi connectivity index (χ3n) is 6.59. The molecule has 38 heavy (non-hydrogen) atoms. The zero-order chi connectivity index (χ0) is 27.7. The molecule has 3 atom stereocenters. The Kier molecular flexibility index (Phi) is 10.5. The Morgan fingerprint density at radius 2 is 1.47 bits per heavy atom. The number of unbranched alkanes of at least 4 members (excludes halogenated alkanes) is 1.